The summed E-state index contributed by atoms with van der Waals surface area (Å²) in [5.41, 5.74) is 9.36. The second kappa shape index (κ2) is 5.03. The highest BCUT2D eigenvalue weighted by atomic mass is 32.2. The van der Waals surface area contributed by atoms with E-state index < -0.39 is 10.0 Å². The third kappa shape index (κ3) is 2.32. The van der Waals surface area contributed by atoms with E-state index in [1.807, 2.05) is 26.0 Å². The van der Waals surface area contributed by atoms with Crippen molar-refractivity contribution >= 4 is 32.7 Å². The van der Waals surface area contributed by atoms with Crippen LogP contribution in [-0.4, -0.2) is 15.0 Å². The van der Waals surface area contributed by atoms with Gasteiger partial charge in [0.25, 0.3) is 10.0 Å². The summed E-state index contributed by atoms with van der Waals surface area (Å²) in [4.78, 5) is 1.08. The van der Waals surface area contributed by atoms with Crippen LogP contribution < -0.4 is 10.0 Å². The summed E-state index contributed by atoms with van der Waals surface area (Å²) in [7, 11) is -3.47. The Morgan fingerprint density at radius 2 is 2.10 bits per heavy atom. The largest absolute Gasteiger partial charge is 0.398 e. The fraction of sp³-hybridized carbons (Fsp3) is 0.333. The highest BCUT2D eigenvalue weighted by Crippen LogP contribution is 2.37. The maximum absolute atomic E-state index is 12.8. The molecule has 3 rings (SSSR count). The van der Waals surface area contributed by atoms with Crippen LogP contribution in [0.4, 0.5) is 11.4 Å². The fourth-order valence-electron chi connectivity index (χ4n) is 2.59. The van der Waals surface area contributed by atoms with Gasteiger partial charge >= 0.3 is 0 Å². The van der Waals surface area contributed by atoms with Gasteiger partial charge in [-0.15, -0.1) is 11.3 Å². The Morgan fingerprint density at radius 1 is 1.33 bits per heavy atom. The predicted octanol–water partition coefficient (Wildman–Crippen LogP) is 2.95. The van der Waals surface area contributed by atoms with E-state index in [2.05, 4.69) is 0 Å². The van der Waals surface area contributed by atoms with E-state index in [4.69, 9.17) is 5.73 Å². The zero-order valence-electron chi connectivity index (χ0n) is 12.1. The molecular weight excluding hydrogens is 304 g/mol. The summed E-state index contributed by atoms with van der Waals surface area (Å²) in [5, 5.41) is 0. The molecule has 6 heteroatoms. The minimum Gasteiger partial charge on any atom is -0.398 e. The number of hydrogen-bond donors (Lipinski definition) is 1. The van der Waals surface area contributed by atoms with Gasteiger partial charge in [-0.2, -0.15) is 0 Å². The van der Waals surface area contributed by atoms with Crippen molar-refractivity contribution < 1.29 is 8.42 Å². The lowest BCUT2D eigenvalue weighted by molar-refractivity contribution is 0.594. The lowest BCUT2D eigenvalue weighted by Crippen LogP contribution is -2.28. The molecule has 0 saturated heterocycles. The molecule has 0 fully saturated rings. The van der Waals surface area contributed by atoms with Gasteiger partial charge in [0.05, 0.1) is 5.69 Å². The number of nitrogen functional groups attached to an aromatic ring is 1. The standard InChI is InChI=1S/C15H18N2O2S2/c1-3-12-4-5-15(20-12)21(18,19)17-7-6-11-8-10(2)13(16)9-14(11)17/h4-5,8-9H,3,6-7,16H2,1-2H3. The number of thiophene rings is 1. The summed E-state index contributed by atoms with van der Waals surface area (Å²) in [6, 6.07) is 7.36. The first-order valence-electron chi connectivity index (χ1n) is 6.94. The molecule has 0 unspecified atom stereocenters. The van der Waals surface area contributed by atoms with E-state index >= 15 is 0 Å². The maximum Gasteiger partial charge on any atom is 0.273 e. The highest BCUT2D eigenvalue weighted by molar-refractivity contribution is 7.94. The fourth-order valence-corrected chi connectivity index (χ4v) is 5.50. The van der Waals surface area contributed by atoms with Gasteiger partial charge in [-0.3, -0.25) is 4.31 Å². The lowest BCUT2D eigenvalue weighted by Gasteiger charge is -2.19. The second-order valence-electron chi connectivity index (χ2n) is 5.24. The van der Waals surface area contributed by atoms with Gasteiger partial charge in [0, 0.05) is 17.1 Å². The number of nitrogens with zero attached hydrogens (tertiary/aromatic N) is 1. The van der Waals surface area contributed by atoms with Gasteiger partial charge in [-0.05, 0) is 49.1 Å². The molecule has 112 valence electrons. The molecule has 2 heterocycles. The van der Waals surface area contributed by atoms with Crippen molar-refractivity contribution in [2.24, 2.45) is 0 Å². The van der Waals surface area contributed by atoms with Gasteiger partial charge in [0.1, 0.15) is 4.21 Å². The number of rotatable bonds is 3. The summed E-state index contributed by atoms with van der Waals surface area (Å²) < 4.78 is 27.5. The molecule has 1 aromatic carbocycles. The first-order valence-corrected chi connectivity index (χ1v) is 9.19. The van der Waals surface area contributed by atoms with Crippen molar-refractivity contribution in [1.29, 1.82) is 0 Å². The molecule has 1 aliphatic heterocycles. The third-order valence-corrected chi connectivity index (χ3v) is 7.36. The minimum absolute atomic E-state index is 0.409. The number of sulfonamides is 1. The molecule has 0 amide bonds. The van der Waals surface area contributed by atoms with Crippen molar-refractivity contribution in [3.8, 4) is 0 Å². The Bertz CT molecular complexity index is 794. The summed E-state index contributed by atoms with van der Waals surface area (Å²) in [6.45, 7) is 4.45. The average Bonchev–Trinajstić information content (AvgIpc) is 3.06. The van der Waals surface area contributed by atoms with Crippen molar-refractivity contribution in [2.75, 3.05) is 16.6 Å². The molecule has 2 N–H and O–H groups in total. The average molecular weight is 322 g/mol. The number of benzene rings is 1. The van der Waals surface area contributed by atoms with Crippen LogP contribution in [0, 0.1) is 6.92 Å². The highest BCUT2D eigenvalue weighted by Gasteiger charge is 2.32. The van der Waals surface area contributed by atoms with Crippen molar-refractivity contribution in [3.63, 3.8) is 0 Å². The zero-order valence-corrected chi connectivity index (χ0v) is 13.7. The summed E-state index contributed by atoms with van der Waals surface area (Å²) in [5.74, 6) is 0. The first kappa shape index (κ1) is 14.4. The second-order valence-corrected chi connectivity index (χ2v) is 8.50. The quantitative estimate of drug-likeness (QED) is 0.884. The third-order valence-electron chi connectivity index (χ3n) is 3.85. The Hall–Kier alpha value is -1.53. The number of hydrogen-bond acceptors (Lipinski definition) is 4. The van der Waals surface area contributed by atoms with Gasteiger partial charge < -0.3 is 5.73 Å². The molecule has 4 nitrogen and oxygen atoms in total. The minimum atomic E-state index is -3.47. The van der Waals surface area contributed by atoms with Gasteiger partial charge in [0.2, 0.25) is 0 Å². The number of anilines is 2. The predicted molar refractivity (Wildman–Crippen MR) is 87.5 cm³/mol. The normalized spacial score (nSPS) is 14.5. The van der Waals surface area contributed by atoms with Crippen LogP contribution in [0.25, 0.3) is 0 Å². The Morgan fingerprint density at radius 3 is 2.76 bits per heavy atom. The maximum atomic E-state index is 12.8. The van der Waals surface area contributed by atoms with E-state index in [0.29, 0.717) is 16.4 Å². The van der Waals surface area contributed by atoms with E-state index in [9.17, 15) is 8.42 Å². The molecule has 21 heavy (non-hydrogen) atoms. The molecule has 0 saturated carbocycles. The van der Waals surface area contributed by atoms with Crippen LogP contribution in [0.15, 0.2) is 28.5 Å². The SMILES string of the molecule is CCc1ccc(S(=O)(=O)N2CCc3cc(C)c(N)cc32)s1. The molecule has 0 radical (unpaired) electrons. The Labute approximate surface area is 129 Å². The number of aryl methyl sites for hydroxylation is 2. The number of nitrogens with two attached hydrogens (primary N) is 1. The van der Waals surface area contributed by atoms with Crippen LogP contribution in [0.5, 0.6) is 0 Å². The zero-order chi connectivity index (χ0) is 15.2. The van der Waals surface area contributed by atoms with Crippen LogP contribution in [0.3, 0.4) is 0 Å². The van der Waals surface area contributed by atoms with Crippen LogP contribution in [-0.2, 0) is 22.9 Å². The first-order chi connectivity index (χ1) is 9.93. The van der Waals surface area contributed by atoms with Gasteiger partial charge in [-0.1, -0.05) is 13.0 Å². The topological polar surface area (TPSA) is 63.4 Å². The number of fused-ring (bicyclic) bond motifs is 1. The molecule has 0 bridgehead atoms. The van der Waals surface area contributed by atoms with Gasteiger partial charge in [0.15, 0.2) is 0 Å². The Kier molecular flexibility index (Phi) is 3.45. The molecule has 0 atom stereocenters. The van der Waals surface area contributed by atoms with Crippen molar-refractivity contribution in [2.45, 2.75) is 30.9 Å². The summed E-state index contributed by atoms with van der Waals surface area (Å²) >= 11 is 1.35. The van der Waals surface area contributed by atoms with E-state index in [1.165, 1.54) is 15.6 Å². The summed E-state index contributed by atoms with van der Waals surface area (Å²) in [6.07, 6.45) is 1.59. The van der Waals surface area contributed by atoms with E-state index in [-0.39, 0.29) is 0 Å². The van der Waals surface area contributed by atoms with Crippen LogP contribution in [0.1, 0.15) is 22.9 Å². The smallest absolute Gasteiger partial charge is 0.273 e. The monoisotopic (exact) mass is 322 g/mol. The van der Waals surface area contributed by atoms with Gasteiger partial charge in [-0.25, -0.2) is 8.42 Å². The molecule has 2 aromatic rings. The van der Waals surface area contributed by atoms with Crippen molar-refractivity contribution in [1.82, 2.24) is 0 Å². The molecule has 0 spiro atoms. The van der Waals surface area contributed by atoms with Crippen molar-refractivity contribution in [3.05, 3.63) is 40.3 Å². The molecule has 0 aliphatic carbocycles. The van der Waals surface area contributed by atoms with Crippen LogP contribution >= 0.6 is 11.3 Å². The van der Waals surface area contributed by atoms with Crippen LogP contribution in [0.2, 0.25) is 0 Å². The molecule has 1 aliphatic rings. The molecule has 1 aromatic heterocycles. The van der Waals surface area contributed by atoms with E-state index in [0.717, 1.165) is 34.5 Å². The molecular formula is C15H18N2O2S2. The van der Waals surface area contributed by atoms with E-state index in [1.54, 1.807) is 12.1 Å². The lowest BCUT2D eigenvalue weighted by atomic mass is 10.1. The Balaban J connectivity index is 2.05.